The van der Waals surface area contributed by atoms with E-state index in [1.807, 2.05) is 12.1 Å². The number of carbonyl (C=O) groups excluding carboxylic acids is 1. The molecule has 1 aromatic carbocycles. The SMILES string of the molecule is O=C(CNCc1cccnc1)Nc1cc2cc[nH]c(=O)c2cc1Cl. The molecule has 24 heavy (non-hydrogen) atoms. The first-order valence-electron chi connectivity index (χ1n) is 7.34. The second kappa shape index (κ2) is 7.25. The summed E-state index contributed by atoms with van der Waals surface area (Å²) in [5, 5.41) is 7.30. The maximum Gasteiger partial charge on any atom is 0.255 e. The van der Waals surface area contributed by atoms with E-state index in [9.17, 15) is 9.59 Å². The van der Waals surface area contributed by atoms with Gasteiger partial charge in [0.05, 0.1) is 17.3 Å². The molecule has 0 fully saturated rings. The average molecular weight is 343 g/mol. The van der Waals surface area contributed by atoms with Crippen LogP contribution in [0.5, 0.6) is 0 Å². The molecule has 3 aromatic rings. The van der Waals surface area contributed by atoms with Crippen molar-refractivity contribution in [3.63, 3.8) is 0 Å². The van der Waals surface area contributed by atoms with Crippen LogP contribution in [-0.2, 0) is 11.3 Å². The molecule has 3 N–H and O–H groups in total. The number of carbonyl (C=O) groups is 1. The van der Waals surface area contributed by atoms with Gasteiger partial charge in [-0.2, -0.15) is 0 Å². The Morgan fingerprint density at radius 2 is 2.17 bits per heavy atom. The fraction of sp³-hybridized carbons (Fsp3) is 0.118. The third kappa shape index (κ3) is 3.79. The molecular weight excluding hydrogens is 328 g/mol. The van der Waals surface area contributed by atoms with Crippen molar-refractivity contribution in [2.45, 2.75) is 6.54 Å². The van der Waals surface area contributed by atoms with Crippen molar-refractivity contribution in [1.82, 2.24) is 15.3 Å². The highest BCUT2D eigenvalue weighted by atomic mass is 35.5. The Bertz CT molecular complexity index is 925. The lowest BCUT2D eigenvalue weighted by Gasteiger charge is -2.09. The Labute approximate surface area is 142 Å². The maximum absolute atomic E-state index is 12.0. The molecule has 3 rings (SSSR count). The third-order valence-electron chi connectivity index (χ3n) is 3.47. The molecule has 2 heterocycles. The molecule has 2 aromatic heterocycles. The molecule has 0 aliphatic rings. The Balaban J connectivity index is 1.65. The zero-order valence-electron chi connectivity index (χ0n) is 12.7. The van der Waals surface area contributed by atoms with Gasteiger partial charge in [0.2, 0.25) is 5.91 Å². The fourth-order valence-electron chi connectivity index (χ4n) is 2.32. The monoisotopic (exact) mass is 342 g/mol. The molecular formula is C17H15ClN4O2. The molecule has 1 amide bonds. The van der Waals surface area contributed by atoms with E-state index >= 15 is 0 Å². The molecule has 0 spiro atoms. The number of aromatic amines is 1. The van der Waals surface area contributed by atoms with Gasteiger partial charge < -0.3 is 15.6 Å². The molecule has 6 nitrogen and oxygen atoms in total. The summed E-state index contributed by atoms with van der Waals surface area (Å²) in [6.07, 6.45) is 4.99. The average Bonchev–Trinajstić information content (AvgIpc) is 2.57. The Morgan fingerprint density at radius 3 is 2.96 bits per heavy atom. The van der Waals surface area contributed by atoms with E-state index in [2.05, 4.69) is 20.6 Å². The van der Waals surface area contributed by atoms with E-state index in [0.29, 0.717) is 28.0 Å². The number of aromatic nitrogens is 2. The topological polar surface area (TPSA) is 86.9 Å². The van der Waals surface area contributed by atoms with Crippen LogP contribution in [0.2, 0.25) is 5.02 Å². The summed E-state index contributed by atoms with van der Waals surface area (Å²) < 4.78 is 0. The second-order valence-electron chi connectivity index (χ2n) is 5.24. The number of hydrogen-bond acceptors (Lipinski definition) is 4. The lowest BCUT2D eigenvalue weighted by molar-refractivity contribution is -0.115. The number of nitrogens with zero attached hydrogens (tertiary/aromatic N) is 1. The van der Waals surface area contributed by atoms with Crippen LogP contribution in [0, 0.1) is 0 Å². The van der Waals surface area contributed by atoms with E-state index in [4.69, 9.17) is 11.6 Å². The fourth-order valence-corrected chi connectivity index (χ4v) is 2.53. The molecule has 0 unspecified atom stereocenters. The highest BCUT2D eigenvalue weighted by molar-refractivity contribution is 6.34. The van der Waals surface area contributed by atoms with Gasteiger partial charge in [-0.1, -0.05) is 17.7 Å². The highest BCUT2D eigenvalue weighted by Crippen LogP contribution is 2.26. The number of benzene rings is 1. The predicted molar refractivity (Wildman–Crippen MR) is 94.2 cm³/mol. The number of halogens is 1. The van der Waals surface area contributed by atoms with Crippen LogP contribution >= 0.6 is 11.6 Å². The number of H-pyrrole nitrogens is 1. The summed E-state index contributed by atoms with van der Waals surface area (Å²) in [4.78, 5) is 30.4. The predicted octanol–water partition coefficient (Wildman–Crippen LogP) is 2.30. The number of nitrogens with one attached hydrogen (secondary N) is 3. The van der Waals surface area contributed by atoms with Crippen molar-refractivity contribution >= 4 is 34.0 Å². The standard InChI is InChI=1S/C17H15ClN4O2/c18-14-7-13-12(3-5-21-17(13)24)6-15(14)22-16(23)10-20-9-11-2-1-4-19-8-11/h1-8,20H,9-10H2,(H,21,24)(H,22,23). The number of anilines is 1. The summed E-state index contributed by atoms with van der Waals surface area (Å²) in [5.74, 6) is -0.218. The third-order valence-corrected chi connectivity index (χ3v) is 3.79. The quantitative estimate of drug-likeness (QED) is 0.664. The molecule has 0 atom stereocenters. The molecule has 122 valence electrons. The van der Waals surface area contributed by atoms with Crippen LogP contribution in [0.25, 0.3) is 10.8 Å². The minimum absolute atomic E-state index is 0.138. The van der Waals surface area contributed by atoms with E-state index in [0.717, 1.165) is 5.56 Å². The van der Waals surface area contributed by atoms with Crippen molar-refractivity contribution < 1.29 is 4.79 Å². The van der Waals surface area contributed by atoms with Crippen LogP contribution in [0.1, 0.15) is 5.56 Å². The van der Waals surface area contributed by atoms with Crippen molar-refractivity contribution in [2.75, 3.05) is 11.9 Å². The largest absolute Gasteiger partial charge is 0.329 e. The molecule has 7 heteroatoms. The van der Waals surface area contributed by atoms with E-state index in [1.54, 1.807) is 36.8 Å². The minimum atomic E-state index is -0.218. The van der Waals surface area contributed by atoms with Gasteiger partial charge in [0.1, 0.15) is 0 Å². The van der Waals surface area contributed by atoms with Gasteiger partial charge in [-0.05, 0) is 35.2 Å². The van der Waals surface area contributed by atoms with Crippen LogP contribution in [0.15, 0.2) is 53.7 Å². The summed E-state index contributed by atoms with van der Waals surface area (Å²) in [6, 6.07) is 8.76. The van der Waals surface area contributed by atoms with E-state index in [-0.39, 0.29) is 18.0 Å². The number of rotatable bonds is 5. The number of pyridine rings is 2. The van der Waals surface area contributed by atoms with Gasteiger partial charge in [-0.25, -0.2) is 0 Å². The van der Waals surface area contributed by atoms with Gasteiger partial charge in [-0.3, -0.25) is 14.6 Å². The van der Waals surface area contributed by atoms with E-state index < -0.39 is 0 Å². The Kier molecular flexibility index (Phi) is 4.88. The molecule has 0 aliphatic carbocycles. The molecule has 0 saturated carbocycles. The molecule has 0 bridgehead atoms. The van der Waals surface area contributed by atoms with Crippen molar-refractivity contribution in [3.8, 4) is 0 Å². The first-order chi connectivity index (χ1) is 11.6. The van der Waals surface area contributed by atoms with Gasteiger partial charge in [0, 0.05) is 30.5 Å². The molecule has 0 aliphatic heterocycles. The number of hydrogen-bond donors (Lipinski definition) is 3. The van der Waals surface area contributed by atoms with Crippen LogP contribution in [0.4, 0.5) is 5.69 Å². The Morgan fingerprint density at radius 1 is 1.29 bits per heavy atom. The second-order valence-corrected chi connectivity index (χ2v) is 5.65. The summed E-state index contributed by atoms with van der Waals surface area (Å²) in [7, 11) is 0. The summed E-state index contributed by atoms with van der Waals surface area (Å²) in [5.41, 5.74) is 1.25. The number of fused-ring (bicyclic) bond motifs is 1. The molecule has 0 saturated heterocycles. The van der Waals surface area contributed by atoms with Crippen molar-refractivity contribution in [3.05, 3.63) is 69.9 Å². The minimum Gasteiger partial charge on any atom is -0.329 e. The normalized spacial score (nSPS) is 10.7. The summed E-state index contributed by atoms with van der Waals surface area (Å²) >= 11 is 6.15. The van der Waals surface area contributed by atoms with Crippen molar-refractivity contribution in [2.24, 2.45) is 0 Å². The molecule has 0 radical (unpaired) electrons. The number of amides is 1. The smallest absolute Gasteiger partial charge is 0.255 e. The first-order valence-corrected chi connectivity index (χ1v) is 7.72. The van der Waals surface area contributed by atoms with Gasteiger partial charge in [0.15, 0.2) is 0 Å². The van der Waals surface area contributed by atoms with Crippen LogP contribution in [0.3, 0.4) is 0 Å². The van der Waals surface area contributed by atoms with Gasteiger partial charge in [0.25, 0.3) is 5.56 Å². The highest BCUT2D eigenvalue weighted by Gasteiger charge is 2.09. The summed E-state index contributed by atoms with van der Waals surface area (Å²) in [6.45, 7) is 0.681. The van der Waals surface area contributed by atoms with Crippen LogP contribution < -0.4 is 16.2 Å². The van der Waals surface area contributed by atoms with E-state index in [1.165, 1.54) is 0 Å². The maximum atomic E-state index is 12.0. The lowest BCUT2D eigenvalue weighted by atomic mass is 10.1. The van der Waals surface area contributed by atoms with Crippen molar-refractivity contribution in [1.29, 1.82) is 0 Å². The first kappa shape index (κ1) is 16.2. The Hall–Kier alpha value is -2.70. The zero-order valence-corrected chi connectivity index (χ0v) is 13.4. The lowest BCUT2D eigenvalue weighted by Crippen LogP contribution is -2.27. The van der Waals surface area contributed by atoms with Gasteiger partial charge in [-0.15, -0.1) is 0 Å². The van der Waals surface area contributed by atoms with Gasteiger partial charge >= 0.3 is 0 Å². The van der Waals surface area contributed by atoms with Crippen LogP contribution in [-0.4, -0.2) is 22.4 Å². The zero-order chi connectivity index (χ0) is 16.9.